The number of aromatic nitrogens is 2. The van der Waals surface area contributed by atoms with Gasteiger partial charge in [0.1, 0.15) is 5.82 Å². The number of nitrogens with one attached hydrogen (secondary N) is 2. The van der Waals surface area contributed by atoms with Crippen LogP contribution in [0.1, 0.15) is 31.5 Å². The molecule has 114 valence electrons. The van der Waals surface area contributed by atoms with Crippen LogP contribution in [0.5, 0.6) is 0 Å². The minimum absolute atomic E-state index is 0.530. The highest BCUT2D eigenvalue weighted by molar-refractivity contribution is 5.57. The van der Waals surface area contributed by atoms with Gasteiger partial charge in [-0.15, -0.1) is 0 Å². The summed E-state index contributed by atoms with van der Waals surface area (Å²) in [6.07, 6.45) is 1.09. The van der Waals surface area contributed by atoms with Crippen molar-refractivity contribution >= 4 is 17.5 Å². The van der Waals surface area contributed by atoms with Crippen molar-refractivity contribution in [3.8, 4) is 6.07 Å². The molecule has 0 radical (unpaired) electrons. The van der Waals surface area contributed by atoms with Crippen LogP contribution in [0.25, 0.3) is 0 Å². The zero-order valence-corrected chi connectivity index (χ0v) is 13.2. The molecule has 0 amide bonds. The zero-order chi connectivity index (χ0) is 15.9. The van der Waals surface area contributed by atoms with Crippen LogP contribution in [0.3, 0.4) is 0 Å². The summed E-state index contributed by atoms with van der Waals surface area (Å²) in [7, 11) is 0. The van der Waals surface area contributed by atoms with Crippen molar-refractivity contribution in [2.45, 2.75) is 27.2 Å². The van der Waals surface area contributed by atoms with Gasteiger partial charge in [0.15, 0.2) is 0 Å². The monoisotopic (exact) mass is 295 g/mol. The number of nitriles is 1. The Balaban J connectivity index is 2.10. The molecule has 0 spiro atoms. The van der Waals surface area contributed by atoms with Crippen molar-refractivity contribution in [3.63, 3.8) is 0 Å². The lowest BCUT2D eigenvalue weighted by Gasteiger charge is -2.11. The van der Waals surface area contributed by atoms with Crippen molar-refractivity contribution in [1.29, 1.82) is 5.26 Å². The Labute approximate surface area is 131 Å². The SMILES string of the molecule is Cc1cc(NCCC(C)C)nc(Nc2cccc(C#N)c2)n1. The molecular weight excluding hydrogens is 274 g/mol. The molecule has 2 aromatic rings. The van der Waals surface area contributed by atoms with Gasteiger partial charge in [-0.25, -0.2) is 4.98 Å². The van der Waals surface area contributed by atoms with Crippen LogP contribution in [0.2, 0.25) is 0 Å². The first-order valence-electron chi connectivity index (χ1n) is 7.43. The van der Waals surface area contributed by atoms with E-state index in [4.69, 9.17) is 5.26 Å². The van der Waals surface area contributed by atoms with Gasteiger partial charge in [0.05, 0.1) is 11.6 Å². The first kappa shape index (κ1) is 15.8. The normalized spacial score (nSPS) is 10.3. The quantitative estimate of drug-likeness (QED) is 0.846. The topological polar surface area (TPSA) is 73.6 Å². The largest absolute Gasteiger partial charge is 0.370 e. The summed E-state index contributed by atoms with van der Waals surface area (Å²) in [5.41, 5.74) is 2.30. The Morgan fingerprint density at radius 2 is 2.05 bits per heavy atom. The predicted molar refractivity (Wildman–Crippen MR) is 89.2 cm³/mol. The molecule has 1 aromatic heterocycles. The molecule has 1 heterocycles. The van der Waals surface area contributed by atoms with Gasteiger partial charge in [-0.3, -0.25) is 0 Å². The predicted octanol–water partition coefficient (Wildman–Crippen LogP) is 3.86. The maximum Gasteiger partial charge on any atom is 0.229 e. The van der Waals surface area contributed by atoms with Crippen LogP contribution in [-0.4, -0.2) is 16.5 Å². The summed E-state index contributed by atoms with van der Waals surface area (Å²) >= 11 is 0. The summed E-state index contributed by atoms with van der Waals surface area (Å²) in [5, 5.41) is 15.4. The molecule has 5 nitrogen and oxygen atoms in total. The number of hydrogen-bond acceptors (Lipinski definition) is 5. The van der Waals surface area contributed by atoms with E-state index in [-0.39, 0.29) is 0 Å². The second-order valence-electron chi connectivity index (χ2n) is 5.65. The third-order valence-corrected chi connectivity index (χ3v) is 3.13. The minimum Gasteiger partial charge on any atom is -0.370 e. The molecule has 22 heavy (non-hydrogen) atoms. The number of anilines is 3. The molecule has 0 saturated heterocycles. The number of rotatable bonds is 6. The molecule has 1 aromatic carbocycles. The average Bonchev–Trinajstić information content (AvgIpc) is 2.46. The van der Waals surface area contributed by atoms with Crippen LogP contribution in [0.4, 0.5) is 17.5 Å². The Kier molecular flexibility index (Phi) is 5.31. The molecule has 5 heteroatoms. The van der Waals surface area contributed by atoms with E-state index in [1.165, 1.54) is 0 Å². The number of aryl methyl sites for hydroxylation is 1. The highest BCUT2D eigenvalue weighted by Crippen LogP contribution is 2.17. The van der Waals surface area contributed by atoms with E-state index < -0.39 is 0 Å². The van der Waals surface area contributed by atoms with Crippen LogP contribution in [-0.2, 0) is 0 Å². The Hall–Kier alpha value is -2.61. The minimum atomic E-state index is 0.530. The number of hydrogen-bond donors (Lipinski definition) is 2. The molecule has 0 aliphatic carbocycles. The van der Waals surface area contributed by atoms with Crippen LogP contribution in [0.15, 0.2) is 30.3 Å². The number of nitrogens with zero attached hydrogens (tertiary/aromatic N) is 3. The highest BCUT2D eigenvalue weighted by Gasteiger charge is 2.04. The lowest BCUT2D eigenvalue weighted by molar-refractivity contribution is 0.606. The number of benzene rings is 1. The van der Waals surface area contributed by atoms with E-state index in [2.05, 4.69) is 40.5 Å². The van der Waals surface area contributed by atoms with Gasteiger partial charge < -0.3 is 10.6 Å². The molecule has 0 unspecified atom stereocenters. The Morgan fingerprint density at radius 3 is 2.77 bits per heavy atom. The average molecular weight is 295 g/mol. The fourth-order valence-electron chi connectivity index (χ4n) is 2.00. The van der Waals surface area contributed by atoms with Crippen molar-refractivity contribution < 1.29 is 0 Å². The summed E-state index contributed by atoms with van der Waals surface area (Å²) in [5.74, 6) is 2.00. The van der Waals surface area contributed by atoms with Crippen molar-refractivity contribution in [3.05, 3.63) is 41.6 Å². The van der Waals surface area contributed by atoms with Gasteiger partial charge in [-0.1, -0.05) is 19.9 Å². The van der Waals surface area contributed by atoms with E-state index in [0.717, 1.165) is 30.2 Å². The second-order valence-corrected chi connectivity index (χ2v) is 5.65. The van der Waals surface area contributed by atoms with Crippen molar-refractivity contribution in [2.75, 3.05) is 17.2 Å². The van der Waals surface area contributed by atoms with Gasteiger partial charge >= 0.3 is 0 Å². The van der Waals surface area contributed by atoms with E-state index in [0.29, 0.717) is 17.4 Å². The summed E-state index contributed by atoms with van der Waals surface area (Å²) in [6, 6.07) is 11.3. The molecule has 2 N–H and O–H groups in total. The van der Waals surface area contributed by atoms with Crippen molar-refractivity contribution in [1.82, 2.24) is 9.97 Å². The smallest absolute Gasteiger partial charge is 0.229 e. The fourth-order valence-corrected chi connectivity index (χ4v) is 2.00. The summed E-state index contributed by atoms with van der Waals surface area (Å²) in [6.45, 7) is 7.22. The summed E-state index contributed by atoms with van der Waals surface area (Å²) < 4.78 is 0. The fraction of sp³-hybridized carbons (Fsp3) is 0.353. The molecule has 0 atom stereocenters. The Bertz CT molecular complexity index is 673. The molecule has 0 fully saturated rings. The van der Waals surface area contributed by atoms with Gasteiger partial charge in [-0.2, -0.15) is 10.2 Å². The maximum atomic E-state index is 8.94. The molecule has 0 aliphatic rings. The molecule has 0 bridgehead atoms. The summed E-state index contributed by atoms with van der Waals surface area (Å²) in [4.78, 5) is 8.85. The third-order valence-electron chi connectivity index (χ3n) is 3.13. The molecule has 2 rings (SSSR count). The third kappa shape index (κ3) is 4.74. The lowest BCUT2D eigenvalue weighted by Crippen LogP contribution is -2.08. The van der Waals surface area contributed by atoms with Gasteiger partial charge in [0, 0.05) is 24.0 Å². The van der Waals surface area contributed by atoms with E-state index in [1.54, 1.807) is 12.1 Å². The molecule has 0 aliphatic heterocycles. The molecular formula is C17H21N5. The van der Waals surface area contributed by atoms with Gasteiger partial charge in [0.25, 0.3) is 0 Å². The van der Waals surface area contributed by atoms with Crippen LogP contribution < -0.4 is 10.6 Å². The van der Waals surface area contributed by atoms with Crippen molar-refractivity contribution in [2.24, 2.45) is 5.92 Å². The standard InChI is InChI=1S/C17H21N5/c1-12(2)7-8-19-16-9-13(3)20-17(22-16)21-15-6-4-5-14(10-15)11-18/h4-6,9-10,12H,7-8H2,1-3H3,(H2,19,20,21,22). The maximum absolute atomic E-state index is 8.94. The van der Waals surface area contributed by atoms with E-state index >= 15 is 0 Å². The van der Waals surface area contributed by atoms with Crippen LogP contribution in [0, 0.1) is 24.2 Å². The van der Waals surface area contributed by atoms with Gasteiger partial charge in [-0.05, 0) is 37.5 Å². The lowest BCUT2D eigenvalue weighted by atomic mass is 10.1. The van der Waals surface area contributed by atoms with Gasteiger partial charge in [0.2, 0.25) is 5.95 Å². The molecule has 0 saturated carbocycles. The van der Waals surface area contributed by atoms with Crippen LogP contribution >= 0.6 is 0 Å². The Morgan fingerprint density at radius 1 is 1.23 bits per heavy atom. The zero-order valence-electron chi connectivity index (χ0n) is 13.2. The first-order chi connectivity index (χ1) is 10.6. The van der Waals surface area contributed by atoms with E-state index in [9.17, 15) is 0 Å². The first-order valence-corrected chi connectivity index (χ1v) is 7.43. The second kappa shape index (κ2) is 7.41. The van der Waals surface area contributed by atoms with E-state index in [1.807, 2.05) is 25.1 Å². The highest BCUT2D eigenvalue weighted by atomic mass is 15.1.